The number of carbonyl (C=O) groups excluding carboxylic acids is 1. The number of amides is 1. The summed E-state index contributed by atoms with van der Waals surface area (Å²) in [5.74, 6) is 0.220. The molecule has 0 radical (unpaired) electrons. The van der Waals surface area contributed by atoms with Gasteiger partial charge in [0.05, 0.1) is 12.0 Å². The molecule has 1 aliphatic rings. The first-order chi connectivity index (χ1) is 10.0. The number of methoxy groups -OCH3 is 1. The fraction of sp³-hybridized carbons (Fsp3) is 0.500. The molecule has 1 aromatic rings. The Morgan fingerprint density at radius 3 is 2.57 bits per heavy atom. The third-order valence-corrected chi connectivity index (χ3v) is 3.89. The monoisotopic (exact) mass is 293 g/mol. The number of anilines is 1. The van der Waals surface area contributed by atoms with E-state index in [0.29, 0.717) is 24.3 Å². The van der Waals surface area contributed by atoms with Gasteiger partial charge in [-0.15, -0.1) is 0 Å². The number of rotatable bonds is 5. The van der Waals surface area contributed by atoms with Crippen LogP contribution in [0.25, 0.3) is 0 Å². The molecule has 0 unspecified atom stereocenters. The molecular weight excluding hydrogens is 274 g/mol. The van der Waals surface area contributed by atoms with Crippen molar-refractivity contribution >= 4 is 17.3 Å². The largest absolute Gasteiger partial charge is 0.497 e. The van der Waals surface area contributed by atoms with Gasteiger partial charge in [-0.3, -0.25) is 14.9 Å². The molecule has 1 aromatic carbocycles. The van der Waals surface area contributed by atoms with Crippen LogP contribution >= 0.6 is 0 Å². The smallest absolute Gasteiger partial charge is 0.292 e. The van der Waals surface area contributed by atoms with E-state index in [4.69, 9.17) is 10.5 Å². The molecule has 0 atom stereocenters. The molecule has 0 aliphatic heterocycles. The zero-order chi connectivity index (χ0) is 15.4. The van der Waals surface area contributed by atoms with Crippen molar-refractivity contribution in [2.75, 3.05) is 12.4 Å². The maximum atomic E-state index is 11.1. The van der Waals surface area contributed by atoms with Crippen LogP contribution in [-0.2, 0) is 4.79 Å². The molecule has 0 bridgehead atoms. The quantitative estimate of drug-likeness (QED) is 0.638. The molecule has 7 heteroatoms. The maximum absolute atomic E-state index is 11.1. The minimum Gasteiger partial charge on any atom is -0.497 e. The highest BCUT2D eigenvalue weighted by atomic mass is 16.6. The predicted octanol–water partition coefficient (Wildman–Crippen LogP) is 2.06. The van der Waals surface area contributed by atoms with Gasteiger partial charge < -0.3 is 15.8 Å². The summed E-state index contributed by atoms with van der Waals surface area (Å²) in [6.07, 6.45) is 2.96. The number of nitrogens with one attached hydrogen (secondary N) is 1. The van der Waals surface area contributed by atoms with Crippen LogP contribution in [-0.4, -0.2) is 24.0 Å². The summed E-state index contributed by atoms with van der Waals surface area (Å²) in [5, 5.41) is 14.3. The standard InChI is InChI=1S/C14H19N3O4/c1-21-11-6-7-13(17(19)20)12(8-11)16-10-4-2-9(3-5-10)14(15)18/h6-10,16H,2-5H2,1H3,(H2,15,18). The van der Waals surface area contributed by atoms with E-state index < -0.39 is 4.92 Å². The Hall–Kier alpha value is -2.31. The van der Waals surface area contributed by atoms with Crippen LogP contribution in [0.2, 0.25) is 0 Å². The minimum atomic E-state index is -0.420. The topological polar surface area (TPSA) is 107 Å². The van der Waals surface area contributed by atoms with Crippen molar-refractivity contribution in [1.82, 2.24) is 0 Å². The highest BCUT2D eigenvalue weighted by Crippen LogP contribution is 2.32. The van der Waals surface area contributed by atoms with Crippen molar-refractivity contribution in [2.45, 2.75) is 31.7 Å². The van der Waals surface area contributed by atoms with Crippen LogP contribution in [0.15, 0.2) is 18.2 Å². The molecule has 1 saturated carbocycles. The fourth-order valence-electron chi connectivity index (χ4n) is 2.66. The van der Waals surface area contributed by atoms with E-state index in [-0.39, 0.29) is 23.6 Å². The molecule has 3 N–H and O–H groups in total. The summed E-state index contributed by atoms with van der Waals surface area (Å²) >= 11 is 0. The van der Waals surface area contributed by atoms with Crippen molar-refractivity contribution in [3.05, 3.63) is 28.3 Å². The predicted molar refractivity (Wildman–Crippen MR) is 78.2 cm³/mol. The molecule has 7 nitrogen and oxygen atoms in total. The first kappa shape index (κ1) is 15.1. The summed E-state index contributed by atoms with van der Waals surface area (Å²) in [6.45, 7) is 0. The van der Waals surface area contributed by atoms with Crippen LogP contribution in [0.4, 0.5) is 11.4 Å². The van der Waals surface area contributed by atoms with Gasteiger partial charge >= 0.3 is 0 Å². The Balaban J connectivity index is 2.09. The van der Waals surface area contributed by atoms with Gasteiger partial charge in [0, 0.05) is 24.1 Å². The van der Waals surface area contributed by atoms with E-state index in [0.717, 1.165) is 12.8 Å². The number of nitro groups is 1. The number of ether oxygens (including phenoxy) is 1. The van der Waals surface area contributed by atoms with E-state index in [9.17, 15) is 14.9 Å². The summed E-state index contributed by atoms with van der Waals surface area (Å²) in [4.78, 5) is 21.8. The van der Waals surface area contributed by atoms with Crippen molar-refractivity contribution in [1.29, 1.82) is 0 Å². The molecule has 21 heavy (non-hydrogen) atoms. The molecular formula is C14H19N3O4. The van der Waals surface area contributed by atoms with Crippen molar-refractivity contribution in [2.24, 2.45) is 11.7 Å². The van der Waals surface area contributed by atoms with Gasteiger partial charge in [0.2, 0.25) is 5.91 Å². The minimum absolute atomic E-state index is 0.0211. The van der Waals surface area contributed by atoms with Gasteiger partial charge in [-0.05, 0) is 31.7 Å². The highest BCUT2D eigenvalue weighted by molar-refractivity contribution is 5.76. The second kappa shape index (κ2) is 6.43. The lowest BCUT2D eigenvalue weighted by atomic mass is 9.85. The molecule has 2 rings (SSSR count). The van der Waals surface area contributed by atoms with Gasteiger partial charge in [-0.25, -0.2) is 0 Å². The zero-order valence-electron chi connectivity index (χ0n) is 11.9. The molecule has 0 aromatic heterocycles. The van der Waals surface area contributed by atoms with Crippen molar-refractivity contribution in [3.63, 3.8) is 0 Å². The molecule has 0 spiro atoms. The molecule has 1 amide bonds. The number of hydrogen-bond acceptors (Lipinski definition) is 5. The van der Waals surface area contributed by atoms with Crippen molar-refractivity contribution < 1.29 is 14.5 Å². The number of carbonyl (C=O) groups is 1. The normalized spacial score (nSPS) is 21.6. The third kappa shape index (κ3) is 3.62. The van der Waals surface area contributed by atoms with Gasteiger partial charge in [-0.1, -0.05) is 0 Å². The summed E-state index contributed by atoms with van der Waals surface area (Å²) < 4.78 is 5.10. The lowest BCUT2D eigenvalue weighted by molar-refractivity contribution is -0.384. The molecule has 114 valence electrons. The average molecular weight is 293 g/mol. The lowest BCUT2D eigenvalue weighted by Gasteiger charge is -2.28. The Morgan fingerprint density at radius 2 is 2.05 bits per heavy atom. The molecule has 0 saturated heterocycles. The van der Waals surface area contributed by atoms with E-state index in [2.05, 4.69) is 5.32 Å². The van der Waals surface area contributed by atoms with Gasteiger partial charge in [-0.2, -0.15) is 0 Å². The fourth-order valence-corrected chi connectivity index (χ4v) is 2.66. The van der Waals surface area contributed by atoms with E-state index >= 15 is 0 Å². The summed E-state index contributed by atoms with van der Waals surface area (Å²) in [5.41, 5.74) is 5.77. The Bertz CT molecular complexity index is 539. The number of nitrogens with two attached hydrogens (primary N) is 1. The molecule has 1 fully saturated rings. The highest BCUT2D eigenvalue weighted by Gasteiger charge is 2.26. The SMILES string of the molecule is COc1ccc([N+](=O)[O-])c(NC2CCC(C(N)=O)CC2)c1. The van der Waals surface area contributed by atoms with Crippen LogP contribution in [0.5, 0.6) is 5.75 Å². The van der Waals surface area contributed by atoms with Crippen LogP contribution < -0.4 is 15.8 Å². The number of hydrogen-bond donors (Lipinski definition) is 2. The Labute approximate surface area is 122 Å². The lowest BCUT2D eigenvalue weighted by Crippen LogP contribution is -2.32. The number of primary amides is 1. The van der Waals surface area contributed by atoms with Gasteiger partial charge in [0.1, 0.15) is 11.4 Å². The number of nitro benzene ring substituents is 1. The Kier molecular flexibility index (Phi) is 4.62. The molecule has 1 aliphatic carbocycles. The molecule has 0 heterocycles. The van der Waals surface area contributed by atoms with E-state index in [1.54, 1.807) is 12.1 Å². The van der Waals surface area contributed by atoms with E-state index in [1.165, 1.54) is 13.2 Å². The second-order valence-electron chi connectivity index (χ2n) is 5.24. The van der Waals surface area contributed by atoms with Crippen LogP contribution in [0.1, 0.15) is 25.7 Å². The zero-order valence-corrected chi connectivity index (χ0v) is 11.9. The third-order valence-electron chi connectivity index (χ3n) is 3.89. The van der Waals surface area contributed by atoms with Gasteiger partial charge in [0.15, 0.2) is 0 Å². The second-order valence-corrected chi connectivity index (χ2v) is 5.24. The Morgan fingerprint density at radius 1 is 1.38 bits per heavy atom. The van der Waals surface area contributed by atoms with Crippen LogP contribution in [0, 0.1) is 16.0 Å². The van der Waals surface area contributed by atoms with Crippen molar-refractivity contribution in [3.8, 4) is 5.75 Å². The number of benzene rings is 1. The maximum Gasteiger partial charge on any atom is 0.292 e. The number of nitrogens with zero attached hydrogens (tertiary/aromatic N) is 1. The summed E-state index contributed by atoms with van der Waals surface area (Å²) in [7, 11) is 1.52. The first-order valence-corrected chi connectivity index (χ1v) is 6.89. The van der Waals surface area contributed by atoms with E-state index in [1.807, 2.05) is 0 Å². The first-order valence-electron chi connectivity index (χ1n) is 6.89. The van der Waals surface area contributed by atoms with Gasteiger partial charge in [0.25, 0.3) is 5.69 Å². The summed E-state index contributed by atoms with van der Waals surface area (Å²) in [6, 6.07) is 4.72. The van der Waals surface area contributed by atoms with Crippen LogP contribution in [0.3, 0.4) is 0 Å². The average Bonchev–Trinajstić information content (AvgIpc) is 2.47.